The molecule has 1 aliphatic rings. The molecule has 1 unspecified atom stereocenters. The van der Waals surface area contributed by atoms with Crippen LogP contribution in [0.25, 0.3) is 0 Å². The quantitative estimate of drug-likeness (QED) is 0.858. The lowest BCUT2D eigenvalue weighted by Crippen LogP contribution is -2.47. The van der Waals surface area contributed by atoms with Gasteiger partial charge in [-0.3, -0.25) is 4.79 Å². The highest BCUT2D eigenvalue weighted by atomic mass is 79.9. The molecule has 0 radical (unpaired) electrons. The Kier molecular flexibility index (Phi) is 4.22. The third-order valence-electron chi connectivity index (χ3n) is 2.77. The Morgan fingerprint density at radius 3 is 2.74 bits per heavy atom. The first-order chi connectivity index (χ1) is 8.88. The predicted octanol–water partition coefficient (Wildman–Crippen LogP) is 1.15. The molecule has 1 heterocycles. The number of benzene rings is 1. The van der Waals surface area contributed by atoms with Gasteiger partial charge in [-0.25, -0.2) is 17.5 Å². The van der Waals surface area contributed by atoms with Crippen molar-refractivity contribution in [2.24, 2.45) is 0 Å². The van der Waals surface area contributed by atoms with Gasteiger partial charge in [0.25, 0.3) is 0 Å². The van der Waals surface area contributed by atoms with Crippen molar-refractivity contribution in [1.82, 2.24) is 10.0 Å². The summed E-state index contributed by atoms with van der Waals surface area (Å²) in [5, 5.41) is 2.56. The summed E-state index contributed by atoms with van der Waals surface area (Å²) in [6.45, 7) is 0.218. The molecule has 1 atom stereocenters. The summed E-state index contributed by atoms with van der Waals surface area (Å²) in [5.74, 6) is -0.924. The molecule has 5 nitrogen and oxygen atoms in total. The number of rotatable bonds is 3. The number of sulfonamides is 1. The maximum absolute atomic E-state index is 13.6. The zero-order valence-corrected chi connectivity index (χ0v) is 12.2. The fourth-order valence-corrected chi connectivity index (χ4v) is 3.47. The number of hydrogen-bond donors (Lipinski definition) is 2. The summed E-state index contributed by atoms with van der Waals surface area (Å²) in [6.07, 6.45) is 0.666. The first-order valence-corrected chi connectivity index (χ1v) is 7.90. The summed E-state index contributed by atoms with van der Waals surface area (Å²) < 4.78 is 40.6. The van der Waals surface area contributed by atoms with E-state index in [2.05, 4.69) is 26.0 Å². The van der Waals surface area contributed by atoms with E-state index in [4.69, 9.17) is 0 Å². The monoisotopic (exact) mass is 350 g/mol. The Hall–Kier alpha value is -0.990. The number of carbonyl (C=O) groups excluding carboxylic acids is 1. The molecule has 1 aliphatic heterocycles. The Labute approximate surface area is 118 Å². The lowest BCUT2D eigenvalue weighted by Gasteiger charge is -2.23. The van der Waals surface area contributed by atoms with E-state index in [1.807, 2.05) is 0 Å². The van der Waals surface area contributed by atoms with Crippen molar-refractivity contribution < 1.29 is 17.6 Å². The van der Waals surface area contributed by atoms with Crippen LogP contribution in [0.3, 0.4) is 0 Å². The van der Waals surface area contributed by atoms with Gasteiger partial charge in [0, 0.05) is 23.5 Å². The van der Waals surface area contributed by atoms with E-state index in [-0.39, 0.29) is 18.9 Å². The molecule has 0 aromatic heterocycles. The molecule has 1 aromatic carbocycles. The number of hydrogen-bond acceptors (Lipinski definition) is 3. The van der Waals surface area contributed by atoms with E-state index in [0.29, 0.717) is 10.9 Å². The summed E-state index contributed by atoms with van der Waals surface area (Å²) in [4.78, 5) is 10.6. The van der Waals surface area contributed by atoms with Gasteiger partial charge in [-0.2, -0.15) is 0 Å². The number of piperidine rings is 1. The third kappa shape index (κ3) is 3.52. The van der Waals surface area contributed by atoms with Gasteiger partial charge in [0.05, 0.1) is 0 Å². The average molecular weight is 351 g/mol. The number of amides is 1. The van der Waals surface area contributed by atoms with Gasteiger partial charge < -0.3 is 5.32 Å². The van der Waals surface area contributed by atoms with Crippen LogP contribution in [0, 0.1) is 5.82 Å². The average Bonchev–Trinajstić information content (AvgIpc) is 2.31. The van der Waals surface area contributed by atoms with Crippen LogP contribution in [0.1, 0.15) is 12.8 Å². The van der Waals surface area contributed by atoms with E-state index in [1.165, 1.54) is 12.1 Å². The van der Waals surface area contributed by atoms with Crippen molar-refractivity contribution in [1.29, 1.82) is 0 Å². The minimum atomic E-state index is -3.92. The van der Waals surface area contributed by atoms with Crippen molar-refractivity contribution in [3.8, 4) is 0 Å². The lowest BCUT2D eigenvalue weighted by molar-refractivity contribution is -0.122. The summed E-state index contributed by atoms with van der Waals surface area (Å²) >= 11 is 3.07. The SMILES string of the molecule is O=C1CCC(NS(=O)(=O)c2ccc(Br)cc2F)CN1. The summed E-state index contributed by atoms with van der Waals surface area (Å²) in [5.41, 5.74) is 0. The Bertz CT molecular complexity index is 596. The van der Waals surface area contributed by atoms with Gasteiger partial charge in [0.15, 0.2) is 0 Å². The van der Waals surface area contributed by atoms with E-state index < -0.39 is 26.8 Å². The molecule has 0 saturated carbocycles. The molecular weight excluding hydrogens is 339 g/mol. The van der Waals surface area contributed by atoms with Gasteiger partial charge in [0.1, 0.15) is 10.7 Å². The molecule has 2 rings (SSSR count). The highest BCUT2D eigenvalue weighted by Crippen LogP contribution is 2.20. The second-order valence-electron chi connectivity index (χ2n) is 4.24. The van der Waals surface area contributed by atoms with Crippen LogP contribution in [0.4, 0.5) is 4.39 Å². The molecule has 19 heavy (non-hydrogen) atoms. The van der Waals surface area contributed by atoms with E-state index in [0.717, 1.165) is 6.07 Å². The summed E-state index contributed by atoms with van der Waals surface area (Å²) in [6, 6.07) is 3.34. The zero-order chi connectivity index (χ0) is 14.0. The first kappa shape index (κ1) is 14.4. The fourth-order valence-electron chi connectivity index (χ4n) is 1.81. The highest BCUT2D eigenvalue weighted by molar-refractivity contribution is 9.10. The third-order valence-corrected chi connectivity index (χ3v) is 4.82. The second-order valence-corrected chi connectivity index (χ2v) is 6.83. The normalized spacial score (nSPS) is 20.1. The van der Waals surface area contributed by atoms with Crippen molar-refractivity contribution >= 4 is 31.9 Å². The molecule has 0 spiro atoms. The molecular formula is C11H12BrFN2O3S. The summed E-state index contributed by atoms with van der Waals surface area (Å²) in [7, 11) is -3.92. The van der Waals surface area contributed by atoms with Crippen LogP contribution in [0.15, 0.2) is 27.6 Å². The first-order valence-electron chi connectivity index (χ1n) is 5.62. The van der Waals surface area contributed by atoms with Crippen molar-refractivity contribution in [3.63, 3.8) is 0 Å². The van der Waals surface area contributed by atoms with Crippen LogP contribution in [-0.4, -0.2) is 26.9 Å². The van der Waals surface area contributed by atoms with E-state index in [9.17, 15) is 17.6 Å². The maximum atomic E-state index is 13.6. The molecule has 2 N–H and O–H groups in total. The van der Waals surface area contributed by atoms with Gasteiger partial charge in [-0.05, 0) is 24.6 Å². The molecule has 8 heteroatoms. The number of carbonyl (C=O) groups is 1. The van der Waals surface area contributed by atoms with Crippen LogP contribution in [0.5, 0.6) is 0 Å². The van der Waals surface area contributed by atoms with E-state index >= 15 is 0 Å². The standard InChI is InChI=1S/C11H12BrFN2O3S/c12-7-1-3-10(9(13)5-7)19(17,18)15-8-2-4-11(16)14-6-8/h1,3,5,8,15H,2,4,6H2,(H,14,16). The van der Waals surface area contributed by atoms with Gasteiger partial charge in [0.2, 0.25) is 15.9 Å². The predicted molar refractivity (Wildman–Crippen MR) is 70.5 cm³/mol. The van der Waals surface area contributed by atoms with Crippen LogP contribution in [-0.2, 0) is 14.8 Å². The molecule has 1 saturated heterocycles. The minimum Gasteiger partial charge on any atom is -0.355 e. The van der Waals surface area contributed by atoms with E-state index in [1.54, 1.807) is 0 Å². The van der Waals surface area contributed by atoms with Crippen molar-refractivity contribution in [3.05, 3.63) is 28.5 Å². The zero-order valence-electron chi connectivity index (χ0n) is 9.82. The highest BCUT2D eigenvalue weighted by Gasteiger charge is 2.26. The Balaban J connectivity index is 2.16. The molecule has 1 amide bonds. The van der Waals surface area contributed by atoms with Crippen LogP contribution in [0.2, 0.25) is 0 Å². The van der Waals surface area contributed by atoms with Gasteiger partial charge >= 0.3 is 0 Å². The van der Waals surface area contributed by atoms with Crippen LogP contribution < -0.4 is 10.0 Å². The van der Waals surface area contributed by atoms with Gasteiger partial charge in [-0.15, -0.1) is 0 Å². The van der Waals surface area contributed by atoms with Crippen molar-refractivity contribution in [2.75, 3.05) is 6.54 Å². The minimum absolute atomic E-state index is 0.106. The Morgan fingerprint density at radius 1 is 1.42 bits per heavy atom. The largest absolute Gasteiger partial charge is 0.355 e. The van der Waals surface area contributed by atoms with Crippen molar-refractivity contribution in [2.45, 2.75) is 23.8 Å². The molecule has 1 aromatic rings. The fraction of sp³-hybridized carbons (Fsp3) is 0.364. The number of nitrogens with one attached hydrogen (secondary N) is 2. The molecule has 0 bridgehead atoms. The van der Waals surface area contributed by atoms with Crippen LogP contribution >= 0.6 is 15.9 Å². The maximum Gasteiger partial charge on any atom is 0.243 e. The second kappa shape index (κ2) is 5.56. The number of halogens is 2. The molecule has 104 valence electrons. The molecule has 0 aliphatic carbocycles. The smallest absolute Gasteiger partial charge is 0.243 e. The topological polar surface area (TPSA) is 75.3 Å². The molecule has 1 fully saturated rings. The lowest BCUT2D eigenvalue weighted by atomic mass is 10.1. The van der Waals surface area contributed by atoms with Gasteiger partial charge in [-0.1, -0.05) is 15.9 Å². The Morgan fingerprint density at radius 2 is 2.16 bits per heavy atom.